The van der Waals surface area contributed by atoms with Crippen LogP contribution in [-0.2, 0) is 6.42 Å². The third-order valence-corrected chi connectivity index (χ3v) is 2.43. The largest absolute Gasteiger partial charge is 0.482 e. The molecule has 0 amide bonds. The van der Waals surface area contributed by atoms with Crippen molar-refractivity contribution in [2.24, 2.45) is 5.73 Å². The Morgan fingerprint density at radius 2 is 1.78 bits per heavy atom. The Bertz CT molecular complexity index is 375. The summed E-state index contributed by atoms with van der Waals surface area (Å²) in [6.07, 6.45) is -1.79. The van der Waals surface area contributed by atoms with E-state index in [4.69, 9.17) is 5.73 Å². The fourth-order valence-electron chi connectivity index (χ4n) is 1.46. The van der Waals surface area contributed by atoms with Gasteiger partial charge in [-0.3, -0.25) is 0 Å². The summed E-state index contributed by atoms with van der Waals surface area (Å²) in [5.41, 5.74) is 6.04. The van der Waals surface area contributed by atoms with E-state index in [9.17, 15) is 17.6 Å². The monoisotopic (exact) mass is 265 g/mol. The van der Waals surface area contributed by atoms with E-state index in [1.807, 2.05) is 6.92 Å². The Kier molecular flexibility index (Phi) is 5.40. The molecule has 0 heterocycles. The van der Waals surface area contributed by atoms with Crippen molar-refractivity contribution in [1.82, 2.24) is 0 Å². The number of rotatable bonds is 6. The predicted molar refractivity (Wildman–Crippen MR) is 59.8 cm³/mol. The maximum Gasteiger partial charge on any atom is 0.272 e. The van der Waals surface area contributed by atoms with Gasteiger partial charge in [0.15, 0.2) is 17.4 Å². The number of ether oxygens (including phenoxy) is 1. The van der Waals surface area contributed by atoms with Gasteiger partial charge in [0.1, 0.15) is 6.61 Å². The Hall–Kier alpha value is -1.30. The van der Waals surface area contributed by atoms with Gasteiger partial charge in [0.2, 0.25) is 0 Å². The average Bonchev–Trinajstić information content (AvgIpc) is 2.27. The first-order valence-electron chi connectivity index (χ1n) is 5.58. The van der Waals surface area contributed by atoms with E-state index in [2.05, 4.69) is 4.74 Å². The second-order valence-corrected chi connectivity index (χ2v) is 3.96. The Balaban J connectivity index is 2.83. The summed E-state index contributed by atoms with van der Waals surface area (Å²) in [5.74, 6) is -2.76. The molecule has 1 rings (SSSR count). The van der Waals surface area contributed by atoms with Crippen LogP contribution in [0.5, 0.6) is 5.75 Å². The summed E-state index contributed by atoms with van der Waals surface area (Å²) in [5, 5.41) is 0. The minimum atomic E-state index is -2.78. The molecule has 102 valence electrons. The summed E-state index contributed by atoms with van der Waals surface area (Å²) >= 11 is 0. The van der Waals surface area contributed by atoms with E-state index in [1.165, 1.54) is 0 Å². The lowest BCUT2D eigenvalue weighted by Gasteiger charge is -2.12. The van der Waals surface area contributed by atoms with Crippen molar-refractivity contribution < 1.29 is 22.3 Å². The first kappa shape index (κ1) is 14.8. The minimum absolute atomic E-state index is 0.198. The van der Waals surface area contributed by atoms with Gasteiger partial charge in [0.25, 0.3) is 6.43 Å². The lowest BCUT2D eigenvalue weighted by molar-refractivity contribution is 0.0777. The molecule has 0 radical (unpaired) electrons. The molecule has 0 bridgehead atoms. The van der Waals surface area contributed by atoms with Gasteiger partial charge in [0.05, 0.1) is 0 Å². The molecular formula is C12H15F4NO. The van der Waals surface area contributed by atoms with Crippen LogP contribution in [0, 0.1) is 11.6 Å². The van der Waals surface area contributed by atoms with E-state index in [0.29, 0.717) is 18.4 Å². The molecule has 1 atom stereocenters. The molecule has 0 aliphatic rings. The summed E-state index contributed by atoms with van der Waals surface area (Å²) in [6, 6.07) is 1.91. The van der Waals surface area contributed by atoms with Crippen LogP contribution in [0.25, 0.3) is 0 Å². The molecule has 0 fully saturated rings. The number of halogens is 4. The van der Waals surface area contributed by atoms with Crippen LogP contribution in [0.3, 0.4) is 0 Å². The molecule has 0 aliphatic carbocycles. The molecule has 6 heteroatoms. The zero-order valence-corrected chi connectivity index (χ0v) is 9.93. The zero-order chi connectivity index (χ0) is 13.7. The van der Waals surface area contributed by atoms with Crippen LogP contribution in [0.15, 0.2) is 12.1 Å². The van der Waals surface area contributed by atoms with Gasteiger partial charge in [-0.2, -0.15) is 0 Å². The van der Waals surface area contributed by atoms with Gasteiger partial charge in [-0.25, -0.2) is 17.6 Å². The molecule has 0 saturated carbocycles. The molecule has 1 aromatic carbocycles. The molecule has 2 nitrogen and oxygen atoms in total. The maximum absolute atomic E-state index is 13.5. The van der Waals surface area contributed by atoms with Gasteiger partial charge in [-0.05, 0) is 30.5 Å². The zero-order valence-electron chi connectivity index (χ0n) is 9.93. The number of hydrogen-bond donors (Lipinski definition) is 1. The van der Waals surface area contributed by atoms with Crippen LogP contribution < -0.4 is 10.5 Å². The fraction of sp³-hybridized carbons (Fsp3) is 0.500. The second kappa shape index (κ2) is 6.58. The predicted octanol–water partition coefficient (Wildman–Crippen LogP) is 2.89. The van der Waals surface area contributed by atoms with Crippen molar-refractivity contribution in [3.8, 4) is 5.75 Å². The van der Waals surface area contributed by atoms with Gasteiger partial charge in [0, 0.05) is 6.04 Å². The van der Waals surface area contributed by atoms with Crippen molar-refractivity contribution in [3.63, 3.8) is 0 Å². The van der Waals surface area contributed by atoms with Crippen LogP contribution in [0.2, 0.25) is 0 Å². The summed E-state index contributed by atoms with van der Waals surface area (Å²) in [6.45, 7) is 0.819. The molecule has 0 saturated heterocycles. The number of hydrogen-bond acceptors (Lipinski definition) is 2. The number of nitrogens with two attached hydrogens (primary N) is 1. The summed E-state index contributed by atoms with van der Waals surface area (Å²) < 4.78 is 55.1. The Morgan fingerprint density at radius 1 is 1.22 bits per heavy atom. The van der Waals surface area contributed by atoms with E-state index in [0.717, 1.165) is 12.1 Å². The SMILES string of the molecule is CCC(N)Cc1cc(F)c(OCC(F)F)c(F)c1. The minimum Gasteiger partial charge on any atom is -0.482 e. The maximum atomic E-state index is 13.5. The van der Waals surface area contributed by atoms with Gasteiger partial charge < -0.3 is 10.5 Å². The van der Waals surface area contributed by atoms with Crippen molar-refractivity contribution in [3.05, 3.63) is 29.3 Å². The van der Waals surface area contributed by atoms with Crippen molar-refractivity contribution in [2.45, 2.75) is 32.2 Å². The van der Waals surface area contributed by atoms with E-state index < -0.39 is 30.4 Å². The lowest BCUT2D eigenvalue weighted by Crippen LogP contribution is -2.21. The first-order chi connectivity index (χ1) is 8.43. The van der Waals surface area contributed by atoms with Crippen molar-refractivity contribution >= 4 is 0 Å². The first-order valence-corrected chi connectivity index (χ1v) is 5.58. The molecule has 0 aromatic heterocycles. The van der Waals surface area contributed by atoms with E-state index >= 15 is 0 Å². The third kappa shape index (κ3) is 4.18. The standard InChI is InChI=1S/C12H15F4NO/c1-2-8(17)3-7-4-9(13)12(10(14)5-7)18-6-11(15)16/h4-5,8,11H,2-3,6,17H2,1H3. The molecule has 0 spiro atoms. The normalized spacial score (nSPS) is 12.8. The van der Waals surface area contributed by atoms with Gasteiger partial charge >= 0.3 is 0 Å². The molecule has 1 aromatic rings. The lowest BCUT2D eigenvalue weighted by atomic mass is 10.0. The number of benzene rings is 1. The highest BCUT2D eigenvalue weighted by molar-refractivity contribution is 5.31. The topological polar surface area (TPSA) is 35.2 Å². The highest BCUT2D eigenvalue weighted by Crippen LogP contribution is 2.24. The average molecular weight is 265 g/mol. The van der Waals surface area contributed by atoms with Gasteiger partial charge in [-0.1, -0.05) is 6.92 Å². The molecule has 18 heavy (non-hydrogen) atoms. The molecule has 2 N–H and O–H groups in total. The van der Waals surface area contributed by atoms with Crippen LogP contribution in [-0.4, -0.2) is 19.1 Å². The molecule has 0 aliphatic heterocycles. The fourth-order valence-corrected chi connectivity index (χ4v) is 1.46. The van der Waals surface area contributed by atoms with Crippen LogP contribution >= 0.6 is 0 Å². The summed E-state index contributed by atoms with van der Waals surface area (Å²) in [4.78, 5) is 0. The van der Waals surface area contributed by atoms with Crippen LogP contribution in [0.4, 0.5) is 17.6 Å². The van der Waals surface area contributed by atoms with Gasteiger partial charge in [-0.15, -0.1) is 0 Å². The second-order valence-electron chi connectivity index (χ2n) is 3.96. The van der Waals surface area contributed by atoms with Crippen LogP contribution in [0.1, 0.15) is 18.9 Å². The summed E-state index contributed by atoms with van der Waals surface area (Å²) in [7, 11) is 0. The highest BCUT2D eigenvalue weighted by atomic mass is 19.3. The Labute approximate surface area is 103 Å². The third-order valence-electron chi connectivity index (χ3n) is 2.43. The Morgan fingerprint density at radius 3 is 2.22 bits per heavy atom. The molecular weight excluding hydrogens is 250 g/mol. The highest BCUT2D eigenvalue weighted by Gasteiger charge is 2.15. The molecule has 1 unspecified atom stereocenters. The quantitative estimate of drug-likeness (QED) is 0.803. The van der Waals surface area contributed by atoms with E-state index in [-0.39, 0.29) is 6.04 Å². The smallest absolute Gasteiger partial charge is 0.272 e. The number of alkyl halides is 2. The van der Waals surface area contributed by atoms with Crippen molar-refractivity contribution in [2.75, 3.05) is 6.61 Å². The van der Waals surface area contributed by atoms with Crippen molar-refractivity contribution in [1.29, 1.82) is 0 Å². The van der Waals surface area contributed by atoms with E-state index in [1.54, 1.807) is 0 Å².